The van der Waals surface area contributed by atoms with Gasteiger partial charge in [-0.15, -0.1) is 0 Å². The molecule has 0 bridgehead atoms. The lowest BCUT2D eigenvalue weighted by Crippen LogP contribution is -2.10. The van der Waals surface area contributed by atoms with Crippen LogP contribution in [0.4, 0.5) is 30.5 Å². The second-order valence-corrected chi connectivity index (χ2v) is 4.03. The summed E-state index contributed by atoms with van der Waals surface area (Å²) in [7, 11) is 0. The number of nitrogens with two attached hydrogens (primary N) is 1. The van der Waals surface area contributed by atoms with Gasteiger partial charge in [0.1, 0.15) is 17.5 Å². The third kappa shape index (κ3) is 3.35. The summed E-state index contributed by atoms with van der Waals surface area (Å²) in [6.45, 7) is 1.65. The van der Waals surface area contributed by atoms with E-state index in [1.54, 1.807) is 6.92 Å². The summed E-state index contributed by atoms with van der Waals surface area (Å²) in [4.78, 5) is 8.05. The molecule has 0 amide bonds. The van der Waals surface area contributed by atoms with Crippen LogP contribution in [-0.2, 0) is 6.18 Å². The Bertz CT molecular complexity index is 612. The maximum atomic E-state index is 12.6. The fraction of sp³-hybridized carbons (Fsp3) is 0.167. The Morgan fingerprint density at radius 1 is 1.10 bits per heavy atom. The Hall–Kier alpha value is -2.35. The molecule has 1 aromatic carbocycles. The maximum Gasteiger partial charge on any atom is 0.416 e. The minimum absolute atomic E-state index is 0.279. The topological polar surface area (TPSA) is 75.9 Å². The number of rotatable bonds is 3. The number of nitrogens with one attached hydrogen (secondary N) is 2. The van der Waals surface area contributed by atoms with Gasteiger partial charge in [0, 0.05) is 11.8 Å². The number of aryl methyl sites for hydroxylation is 1. The molecule has 0 aliphatic heterocycles. The van der Waals surface area contributed by atoms with E-state index in [9.17, 15) is 13.2 Å². The van der Waals surface area contributed by atoms with E-state index in [2.05, 4.69) is 20.7 Å². The van der Waals surface area contributed by atoms with Gasteiger partial charge >= 0.3 is 6.18 Å². The molecular weight excluding hydrogens is 271 g/mol. The molecule has 106 valence electrons. The first kappa shape index (κ1) is 14.1. The first-order valence-electron chi connectivity index (χ1n) is 5.65. The highest BCUT2D eigenvalue weighted by molar-refractivity contribution is 5.59. The van der Waals surface area contributed by atoms with Gasteiger partial charge in [-0.2, -0.15) is 13.2 Å². The predicted octanol–water partition coefficient (Wildman–Crippen LogP) is 2.83. The summed E-state index contributed by atoms with van der Waals surface area (Å²) in [5.74, 6) is 6.40. The number of anilines is 3. The number of benzene rings is 1. The molecule has 2 aromatic rings. The average Bonchev–Trinajstić information content (AvgIpc) is 2.37. The first-order valence-corrected chi connectivity index (χ1v) is 5.65. The predicted molar refractivity (Wildman–Crippen MR) is 69.3 cm³/mol. The lowest BCUT2D eigenvalue weighted by molar-refractivity contribution is -0.137. The molecule has 0 aliphatic rings. The van der Waals surface area contributed by atoms with Crippen LogP contribution in [0.15, 0.2) is 30.3 Å². The molecule has 2 rings (SSSR count). The van der Waals surface area contributed by atoms with E-state index in [1.165, 1.54) is 18.2 Å². The van der Waals surface area contributed by atoms with E-state index in [4.69, 9.17) is 5.84 Å². The van der Waals surface area contributed by atoms with Gasteiger partial charge in [0.25, 0.3) is 0 Å². The molecule has 0 fully saturated rings. The summed E-state index contributed by atoms with van der Waals surface area (Å²) in [6, 6.07) is 6.34. The van der Waals surface area contributed by atoms with Gasteiger partial charge in [-0.3, -0.25) is 0 Å². The maximum absolute atomic E-state index is 12.6. The molecule has 0 unspecified atom stereocenters. The quantitative estimate of drug-likeness (QED) is 0.596. The molecule has 1 heterocycles. The van der Waals surface area contributed by atoms with Crippen LogP contribution < -0.4 is 16.6 Å². The van der Waals surface area contributed by atoms with Crippen LogP contribution in [0.2, 0.25) is 0 Å². The van der Waals surface area contributed by atoms with Crippen molar-refractivity contribution in [2.45, 2.75) is 13.1 Å². The number of halogens is 3. The average molecular weight is 283 g/mol. The minimum Gasteiger partial charge on any atom is -0.340 e. The van der Waals surface area contributed by atoms with Gasteiger partial charge in [0.15, 0.2) is 0 Å². The SMILES string of the molecule is Cc1nc(NN)cc(Nc2cccc(C(F)(F)F)c2)n1. The highest BCUT2D eigenvalue weighted by Gasteiger charge is 2.30. The molecule has 1 aromatic heterocycles. The number of hydrogen-bond acceptors (Lipinski definition) is 5. The standard InChI is InChI=1S/C12H12F3N5/c1-7-17-10(6-11(18-7)20-16)19-9-4-2-3-8(5-9)12(13,14)15/h2-6H,16H2,1H3,(H2,17,18,19,20). The summed E-state index contributed by atoms with van der Waals surface area (Å²) in [6.07, 6.45) is -4.39. The van der Waals surface area contributed by atoms with Gasteiger partial charge in [0.2, 0.25) is 0 Å². The molecular formula is C12H12F3N5. The third-order valence-corrected chi connectivity index (χ3v) is 2.45. The van der Waals surface area contributed by atoms with Crippen LogP contribution in [0.25, 0.3) is 0 Å². The second-order valence-electron chi connectivity index (χ2n) is 4.03. The summed E-state index contributed by atoms with van der Waals surface area (Å²) in [5, 5.41) is 2.79. The third-order valence-electron chi connectivity index (χ3n) is 2.45. The van der Waals surface area contributed by atoms with Crippen molar-refractivity contribution in [2.24, 2.45) is 5.84 Å². The number of hydrazine groups is 1. The van der Waals surface area contributed by atoms with Crippen molar-refractivity contribution >= 4 is 17.3 Å². The first-order chi connectivity index (χ1) is 9.38. The number of nitrogens with zero attached hydrogens (tertiary/aromatic N) is 2. The number of alkyl halides is 3. The lowest BCUT2D eigenvalue weighted by Gasteiger charge is -2.11. The molecule has 4 N–H and O–H groups in total. The van der Waals surface area contributed by atoms with Gasteiger partial charge in [-0.05, 0) is 25.1 Å². The van der Waals surface area contributed by atoms with E-state index in [0.717, 1.165) is 12.1 Å². The normalized spacial score (nSPS) is 11.2. The Morgan fingerprint density at radius 2 is 1.80 bits per heavy atom. The molecule has 0 radical (unpaired) electrons. The summed E-state index contributed by atoms with van der Waals surface area (Å²) in [5.41, 5.74) is 1.91. The van der Waals surface area contributed by atoms with Crippen molar-refractivity contribution in [1.29, 1.82) is 0 Å². The Balaban J connectivity index is 2.28. The molecule has 0 atom stereocenters. The summed E-state index contributed by atoms with van der Waals surface area (Å²) >= 11 is 0. The van der Waals surface area contributed by atoms with Crippen molar-refractivity contribution in [2.75, 3.05) is 10.7 Å². The van der Waals surface area contributed by atoms with Gasteiger partial charge in [-0.1, -0.05) is 6.07 Å². The van der Waals surface area contributed by atoms with Crippen LogP contribution in [-0.4, -0.2) is 9.97 Å². The Kier molecular flexibility index (Phi) is 3.75. The largest absolute Gasteiger partial charge is 0.416 e. The second kappa shape index (κ2) is 5.33. The molecule has 0 saturated heterocycles. The molecule has 0 spiro atoms. The van der Waals surface area contributed by atoms with Crippen molar-refractivity contribution in [1.82, 2.24) is 9.97 Å². The Labute approximate surface area is 113 Å². The fourth-order valence-corrected chi connectivity index (χ4v) is 1.63. The smallest absolute Gasteiger partial charge is 0.340 e. The van der Waals surface area contributed by atoms with Crippen molar-refractivity contribution in [3.63, 3.8) is 0 Å². The zero-order valence-corrected chi connectivity index (χ0v) is 10.5. The van der Waals surface area contributed by atoms with Crippen LogP contribution >= 0.6 is 0 Å². The lowest BCUT2D eigenvalue weighted by atomic mass is 10.2. The molecule has 20 heavy (non-hydrogen) atoms. The number of nitrogen functional groups attached to an aromatic ring is 1. The van der Waals surface area contributed by atoms with Crippen molar-refractivity contribution in [3.05, 3.63) is 41.7 Å². The zero-order chi connectivity index (χ0) is 14.8. The molecule has 8 heteroatoms. The molecule has 5 nitrogen and oxygen atoms in total. The van der Waals surface area contributed by atoms with Gasteiger partial charge in [0.05, 0.1) is 5.56 Å². The number of aromatic nitrogens is 2. The van der Waals surface area contributed by atoms with Crippen LogP contribution in [0, 0.1) is 6.92 Å². The minimum atomic E-state index is -4.39. The van der Waals surface area contributed by atoms with E-state index in [0.29, 0.717) is 17.5 Å². The van der Waals surface area contributed by atoms with Crippen LogP contribution in [0.5, 0.6) is 0 Å². The zero-order valence-electron chi connectivity index (χ0n) is 10.5. The number of hydrogen-bond donors (Lipinski definition) is 3. The van der Waals surface area contributed by atoms with Crippen LogP contribution in [0.1, 0.15) is 11.4 Å². The Morgan fingerprint density at radius 3 is 2.45 bits per heavy atom. The van der Waals surface area contributed by atoms with E-state index >= 15 is 0 Å². The molecule has 0 saturated carbocycles. The van der Waals surface area contributed by atoms with E-state index in [1.807, 2.05) is 0 Å². The highest BCUT2D eigenvalue weighted by Crippen LogP contribution is 2.31. The van der Waals surface area contributed by atoms with Gasteiger partial charge < -0.3 is 10.7 Å². The van der Waals surface area contributed by atoms with Crippen molar-refractivity contribution in [3.8, 4) is 0 Å². The van der Waals surface area contributed by atoms with E-state index < -0.39 is 11.7 Å². The summed E-state index contributed by atoms with van der Waals surface area (Å²) < 4.78 is 37.8. The van der Waals surface area contributed by atoms with E-state index in [-0.39, 0.29) is 5.69 Å². The van der Waals surface area contributed by atoms with Gasteiger partial charge in [-0.25, -0.2) is 15.8 Å². The highest BCUT2D eigenvalue weighted by atomic mass is 19.4. The van der Waals surface area contributed by atoms with Crippen LogP contribution in [0.3, 0.4) is 0 Å². The fourth-order valence-electron chi connectivity index (χ4n) is 1.63. The molecule has 0 aliphatic carbocycles. The van der Waals surface area contributed by atoms with Crippen molar-refractivity contribution < 1.29 is 13.2 Å². The monoisotopic (exact) mass is 283 g/mol.